The Morgan fingerprint density at radius 2 is 1.50 bits per heavy atom. The van der Waals surface area contributed by atoms with Gasteiger partial charge < -0.3 is 35.4 Å². The first-order chi connectivity index (χ1) is 9.77. The molecule has 0 spiro atoms. The van der Waals surface area contributed by atoms with Crippen LogP contribution in [0.5, 0.6) is 0 Å². The largest absolute Gasteiger partial charge is 0.408 e. The van der Waals surface area contributed by atoms with E-state index in [-0.39, 0.29) is 5.96 Å². The van der Waals surface area contributed by atoms with Crippen molar-refractivity contribution in [1.29, 1.82) is 5.26 Å². The van der Waals surface area contributed by atoms with Crippen LogP contribution in [-0.2, 0) is 9.47 Å². The number of ether oxygens (including phenoxy) is 2. The molecular formula is C10H22N6O4. The lowest BCUT2D eigenvalue weighted by atomic mass is 10.4. The van der Waals surface area contributed by atoms with Crippen LogP contribution in [0.3, 0.4) is 0 Å². The molecule has 0 aliphatic carbocycles. The Morgan fingerprint density at radius 1 is 1.05 bits per heavy atom. The fraction of sp³-hybridized carbons (Fsp3) is 0.800. The third kappa shape index (κ3) is 7.59. The van der Waals surface area contributed by atoms with Crippen LogP contribution in [0, 0.1) is 11.5 Å². The Kier molecular flexibility index (Phi) is 11.1. The number of nitrogens with zero attached hydrogens (tertiary/aromatic N) is 4. The molecule has 10 nitrogen and oxygen atoms in total. The number of hydrogen-bond donors (Lipinski definition) is 4. The van der Waals surface area contributed by atoms with Crippen LogP contribution in [0.4, 0.5) is 0 Å². The van der Waals surface area contributed by atoms with Gasteiger partial charge >= 0.3 is 0 Å². The minimum absolute atomic E-state index is 0.170. The number of guanidine groups is 1. The van der Waals surface area contributed by atoms with Gasteiger partial charge in [-0.1, -0.05) is 5.16 Å². The number of oxime groups is 1. The second kappa shape index (κ2) is 12.2. The molecule has 2 fully saturated rings. The van der Waals surface area contributed by atoms with Gasteiger partial charge in [0.25, 0.3) is 0 Å². The number of morpholine rings is 2. The first-order valence-electron chi connectivity index (χ1n) is 6.06. The number of nitriles is 1. The molecule has 10 heteroatoms. The zero-order chi connectivity index (χ0) is 15.2. The zero-order valence-corrected chi connectivity index (χ0v) is 11.3. The topological polar surface area (TPSA) is 154 Å². The summed E-state index contributed by atoms with van der Waals surface area (Å²) >= 11 is 0. The second-order valence-electron chi connectivity index (χ2n) is 3.76. The van der Waals surface area contributed by atoms with Crippen molar-refractivity contribution >= 4 is 5.96 Å². The maximum absolute atomic E-state index is 8.31. The first-order valence-corrected chi connectivity index (χ1v) is 6.06. The average Bonchev–Trinajstić information content (AvgIpc) is 2.58. The van der Waals surface area contributed by atoms with Crippen LogP contribution in [-0.4, -0.2) is 78.8 Å². The minimum Gasteiger partial charge on any atom is -0.408 e. The molecule has 0 amide bonds. The third-order valence-electron chi connectivity index (χ3n) is 2.59. The highest BCUT2D eigenvalue weighted by Crippen LogP contribution is 1.94. The molecule has 2 heterocycles. The molecule has 2 rings (SSSR count). The van der Waals surface area contributed by atoms with Gasteiger partial charge in [-0.15, -0.1) is 0 Å². The molecule has 0 aromatic carbocycles. The number of hydrogen-bond acceptors (Lipinski definition) is 8. The molecular weight excluding hydrogens is 268 g/mol. The molecule has 6 N–H and O–H groups in total. The summed E-state index contributed by atoms with van der Waals surface area (Å²) in [6, 6.07) is 0. The summed E-state index contributed by atoms with van der Waals surface area (Å²) in [6.45, 7) is 5.63. The molecule has 2 saturated heterocycles. The molecule has 0 saturated carbocycles. The van der Waals surface area contributed by atoms with E-state index in [1.165, 1.54) is 0 Å². The Hall–Kier alpha value is -1.80. The lowest BCUT2D eigenvalue weighted by Gasteiger charge is -2.26. The van der Waals surface area contributed by atoms with Crippen molar-refractivity contribution < 1.29 is 19.9 Å². The number of rotatable bonds is 0. The quantitative estimate of drug-likeness (QED) is 0.132. The monoisotopic (exact) mass is 290 g/mol. The van der Waals surface area contributed by atoms with E-state index in [1.807, 2.05) is 0 Å². The summed E-state index contributed by atoms with van der Waals surface area (Å²) in [5.74, 6) is 3.67. The highest BCUT2D eigenvalue weighted by atomic mass is 16.5. The smallest absolute Gasteiger partial charge is 0.233 e. The molecule has 2 aliphatic heterocycles. The zero-order valence-electron chi connectivity index (χ0n) is 11.3. The summed E-state index contributed by atoms with van der Waals surface area (Å²) in [6.07, 6.45) is 2.06. The Morgan fingerprint density at radius 3 is 1.85 bits per heavy atom. The van der Waals surface area contributed by atoms with Gasteiger partial charge in [0.15, 0.2) is 6.19 Å². The minimum atomic E-state index is 0.170. The maximum Gasteiger partial charge on any atom is 0.233 e. The average molecular weight is 290 g/mol. The highest BCUT2D eigenvalue weighted by Gasteiger charge is 2.11. The van der Waals surface area contributed by atoms with Crippen LogP contribution in [0.15, 0.2) is 5.16 Å². The lowest BCUT2D eigenvalue weighted by Crippen LogP contribution is -2.44. The van der Waals surface area contributed by atoms with E-state index in [2.05, 4.69) is 17.2 Å². The predicted octanol–water partition coefficient (Wildman–Crippen LogP) is -1.84. The molecule has 0 radical (unpaired) electrons. The van der Waals surface area contributed by atoms with Crippen molar-refractivity contribution in [3.05, 3.63) is 0 Å². The van der Waals surface area contributed by atoms with Crippen LogP contribution in [0.25, 0.3) is 0 Å². The molecule has 20 heavy (non-hydrogen) atoms. The van der Waals surface area contributed by atoms with E-state index in [9.17, 15) is 0 Å². The van der Waals surface area contributed by atoms with Crippen molar-refractivity contribution in [2.75, 3.05) is 52.6 Å². The SMILES string of the molecule is N#CN1CCOCC1.N/C(=N\O)N1CCOCC1.NO. The van der Waals surface area contributed by atoms with E-state index in [4.69, 9.17) is 30.9 Å². The summed E-state index contributed by atoms with van der Waals surface area (Å²) in [4.78, 5) is 3.47. The van der Waals surface area contributed by atoms with Gasteiger partial charge in [0.05, 0.1) is 39.5 Å². The molecule has 0 aromatic heterocycles. The highest BCUT2D eigenvalue weighted by molar-refractivity contribution is 5.77. The summed E-state index contributed by atoms with van der Waals surface area (Å²) in [7, 11) is 0. The molecule has 0 aromatic rings. The summed E-state index contributed by atoms with van der Waals surface area (Å²) < 4.78 is 10.1. The standard InChI is InChI=1S/C5H11N3O2.C5H8N2O.H3NO/c6-5(7-9)8-1-3-10-4-2-8;6-5-7-1-3-8-4-2-7;1-2/h9H,1-4H2,(H2,6,7);1-4H2;2H,1H2. The fourth-order valence-electron chi connectivity index (χ4n) is 1.52. The molecule has 2 aliphatic rings. The molecule has 0 bridgehead atoms. The van der Waals surface area contributed by atoms with Gasteiger partial charge in [0, 0.05) is 13.1 Å². The molecule has 0 atom stereocenters. The van der Waals surface area contributed by atoms with Crippen LogP contribution >= 0.6 is 0 Å². The lowest BCUT2D eigenvalue weighted by molar-refractivity contribution is 0.0628. The van der Waals surface area contributed by atoms with Crippen LogP contribution in [0.2, 0.25) is 0 Å². The van der Waals surface area contributed by atoms with Crippen LogP contribution in [0.1, 0.15) is 0 Å². The Balaban J connectivity index is 0.000000327. The van der Waals surface area contributed by atoms with Gasteiger partial charge in [-0.2, -0.15) is 5.26 Å². The Bertz CT molecular complexity index is 297. The van der Waals surface area contributed by atoms with Gasteiger partial charge in [-0.05, 0) is 0 Å². The predicted molar refractivity (Wildman–Crippen MR) is 69.8 cm³/mol. The van der Waals surface area contributed by atoms with Crippen molar-refractivity contribution in [3.63, 3.8) is 0 Å². The first kappa shape index (κ1) is 18.2. The maximum atomic E-state index is 8.31. The number of nitrogens with two attached hydrogens (primary N) is 2. The van der Waals surface area contributed by atoms with E-state index in [1.54, 1.807) is 9.80 Å². The fourth-order valence-corrected chi connectivity index (χ4v) is 1.52. The van der Waals surface area contributed by atoms with E-state index >= 15 is 0 Å². The summed E-state index contributed by atoms with van der Waals surface area (Å²) in [5.41, 5.74) is 5.32. The van der Waals surface area contributed by atoms with Gasteiger partial charge in [0.2, 0.25) is 5.96 Å². The Labute approximate surface area is 117 Å². The second-order valence-corrected chi connectivity index (χ2v) is 3.76. The third-order valence-corrected chi connectivity index (χ3v) is 2.59. The van der Waals surface area contributed by atoms with Crippen molar-refractivity contribution in [3.8, 4) is 6.19 Å². The normalized spacial score (nSPS) is 18.9. The van der Waals surface area contributed by atoms with Crippen molar-refractivity contribution in [2.45, 2.75) is 0 Å². The van der Waals surface area contributed by atoms with E-state index in [0.717, 1.165) is 13.1 Å². The van der Waals surface area contributed by atoms with Gasteiger partial charge in [0.1, 0.15) is 0 Å². The van der Waals surface area contributed by atoms with Gasteiger partial charge in [-0.3, -0.25) is 0 Å². The van der Waals surface area contributed by atoms with Crippen molar-refractivity contribution in [2.24, 2.45) is 16.8 Å². The van der Waals surface area contributed by atoms with Crippen LogP contribution < -0.4 is 11.6 Å². The van der Waals surface area contributed by atoms with Crippen molar-refractivity contribution in [1.82, 2.24) is 9.80 Å². The molecule has 116 valence electrons. The van der Waals surface area contributed by atoms with Gasteiger partial charge in [-0.25, -0.2) is 5.90 Å². The van der Waals surface area contributed by atoms with E-state index < -0.39 is 0 Å². The summed E-state index contributed by atoms with van der Waals surface area (Å²) in [5, 5.41) is 26.0. The molecule has 0 unspecified atom stereocenters. The van der Waals surface area contributed by atoms with E-state index in [0.29, 0.717) is 39.5 Å².